The Morgan fingerprint density at radius 2 is 1.09 bits per heavy atom. The Morgan fingerprint density at radius 1 is 0.407 bits per heavy atom. The first-order chi connectivity index (χ1) is 26.8. The van der Waals surface area contributed by atoms with Gasteiger partial charge in [-0.1, -0.05) is 121 Å². The fourth-order valence-electron chi connectivity index (χ4n) is 8.58. The lowest BCUT2D eigenvalue weighted by Gasteiger charge is -2.28. The number of thiophene rings is 2. The molecule has 0 aliphatic rings. The van der Waals surface area contributed by atoms with Crippen LogP contribution in [0.2, 0.25) is 0 Å². The minimum absolute atomic E-state index is 0.924. The third kappa shape index (κ3) is 4.38. The van der Waals surface area contributed by atoms with E-state index in [2.05, 4.69) is 181 Å². The van der Waals surface area contributed by atoms with E-state index >= 15 is 0 Å². The van der Waals surface area contributed by atoms with Gasteiger partial charge in [-0.25, -0.2) is 0 Å². The van der Waals surface area contributed by atoms with Crippen molar-refractivity contribution in [2.45, 2.75) is 0 Å². The Labute approximate surface area is 318 Å². The highest BCUT2D eigenvalue weighted by atomic mass is 32.1. The van der Waals surface area contributed by atoms with Crippen LogP contribution in [0.5, 0.6) is 0 Å². The zero-order chi connectivity index (χ0) is 35.3. The molecule has 0 saturated heterocycles. The molecule has 2 nitrogen and oxygen atoms in total. The molecule has 0 saturated carbocycles. The largest absolute Gasteiger partial charge is 0.455 e. The summed E-state index contributed by atoms with van der Waals surface area (Å²) < 4.78 is 11.8. The first kappa shape index (κ1) is 30.0. The van der Waals surface area contributed by atoms with E-state index in [0.717, 1.165) is 39.0 Å². The lowest BCUT2D eigenvalue weighted by Crippen LogP contribution is -2.11. The third-order valence-corrected chi connectivity index (χ3v) is 13.4. The summed E-state index contributed by atoms with van der Waals surface area (Å²) in [4.78, 5) is 2.45. The zero-order valence-corrected chi connectivity index (χ0v) is 30.5. The van der Waals surface area contributed by atoms with Crippen LogP contribution in [-0.2, 0) is 0 Å². The number of nitrogens with zero attached hydrogens (tertiary/aromatic N) is 1. The van der Waals surface area contributed by atoms with Crippen molar-refractivity contribution in [3.05, 3.63) is 176 Å². The van der Waals surface area contributed by atoms with Crippen molar-refractivity contribution in [2.24, 2.45) is 0 Å². The maximum Gasteiger partial charge on any atom is 0.143 e. The van der Waals surface area contributed by atoms with E-state index in [-0.39, 0.29) is 0 Å². The number of benzene rings is 9. The molecular formula is C50H29NOS2. The molecule has 0 aliphatic carbocycles. The molecule has 0 spiro atoms. The lowest BCUT2D eigenvalue weighted by molar-refractivity contribution is 0.673. The quantitative estimate of drug-likeness (QED) is 0.180. The standard InChI is InChI=1S/C50H29NOS2/c1-2-10-30(11-3-1)35-14-8-9-17-42(35)51(34-20-24-38-39-22-18-32-13-5-7-16-37(32)50(39)54-46(38)29-34)33-21-26-44-41(28-33)48-45(53-44)27-25-43-47(48)40-23-19-31-12-4-6-15-36(31)49(40)52-43/h1-29H. The third-order valence-electron chi connectivity index (χ3n) is 11.0. The van der Waals surface area contributed by atoms with E-state index in [1.807, 2.05) is 22.7 Å². The number of para-hydroxylation sites is 1. The summed E-state index contributed by atoms with van der Waals surface area (Å²) in [6, 6.07) is 64.2. The predicted molar refractivity (Wildman–Crippen MR) is 235 cm³/mol. The summed E-state index contributed by atoms with van der Waals surface area (Å²) in [6.45, 7) is 0. The summed E-state index contributed by atoms with van der Waals surface area (Å²) in [5, 5.41) is 12.4. The molecule has 0 amide bonds. The van der Waals surface area contributed by atoms with Crippen LogP contribution >= 0.6 is 22.7 Å². The van der Waals surface area contributed by atoms with E-state index in [0.29, 0.717) is 0 Å². The molecule has 12 aromatic rings. The van der Waals surface area contributed by atoms with Gasteiger partial charge in [0, 0.05) is 73.4 Å². The van der Waals surface area contributed by atoms with Crippen molar-refractivity contribution in [3.63, 3.8) is 0 Å². The van der Waals surface area contributed by atoms with Crippen molar-refractivity contribution in [1.82, 2.24) is 0 Å². The molecule has 3 heterocycles. The maximum atomic E-state index is 6.66. The van der Waals surface area contributed by atoms with E-state index in [1.165, 1.54) is 73.0 Å². The molecule has 0 atom stereocenters. The number of anilines is 3. The second kappa shape index (κ2) is 11.5. The summed E-state index contributed by atoms with van der Waals surface area (Å²) in [7, 11) is 0. The molecule has 252 valence electrons. The summed E-state index contributed by atoms with van der Waals surface area (Å²) in [6.07, 6.45) is 0. The number of hydrogen-bond donors (Lipinski definition) is 0. The highest BCUT2D eigenvalue weighted by Gasteiger charge is 2.22. The molecule has 3 aromatic heterocycles. The van der Waals surface area contributed by atoms with Crippen LogP contribution in [0.25, 0.3) is 95.0 Å². The number of hydrogen-bond acceptors (Lipinski definition) is 4. The van der Waals surface area contributed by atoms with E-state index in [1.54, 1.807) is 0 Å². The second-order valence-electron chi connectivity index (χ2n) is 14.0. The van der Waals surface area contributed by atoms with Crippen molar-refractivity contribution in [2.75, 3.05) is 4.90 Å². The van der Waals surface area contributed by atoms with Crippen LogP contribution in [-0.4, -0.2) is 0 Å². The van der Waals surface area contributed by atoms with Gasteiger partial charge in [-0.3, -0.25) is 0 Å². The average molecular weight is 724 g/mol. The van der Waals surface area contributed by atoms with Gasteiger partial charge >= 0.3 is 0 Å². The van der Waals surface area contributed by atoms with Crippen LogP contribution in [0, 0.1) is 0 Å². The van der Waals surface area contributed by atoms with E-state index < -0.39 is 0 Å². The number of rotatable bonds is 4. The Kier molecular flexibility index (Phi) is 6.41. The van der Waals surface area contributed by atoms with Gasteiger partial charge in [0.15, 0.2) is 0 Å². The SMILES string of the molecule is c1ccc(-c2ccccc2N(c2ccc3c(c2)sc2c4ccccc4ccc32)c2ccc3sc4ccc5oc6c7ccccc7ccc6c5c4c3c2)cc1. The Morgan fingerprint density at radius 3 is 1.98 bits per heavy atom. The highest BCUT2D eigenvalue weighted by Crippen LogP contribution is 2.48. The molecule has 12 rings (SSSR count). The van der Waals surface area contributed by atoms with Crippen molar-refractivity contribution in [3.8, 4) is 11.1 Å². The van der Waals surface area contributed by atoms with E-state index in [9.17, 15) is 0 Å². The maximum absolute atomic E-state index is 6.66. The van der Waals surface area contributed by atoms with Gasteiger partial charge in [0.25, 0.3) is 0 Å². The second-order valence-corrected chi connectivity index (χ2v) is 16.2. The summed E-state index contributed by atoms with van der Waals surface area (Å²) in [5.41, 5.74) is 7.64. The van der Waals surface area contributed by atoms with Crippen LogP contribution in [0.3, 0.4) is 0 Å². The summed E-state index contributed by atoms with van der Waals surface area (Å²) in [5.74, 6) is 0. The van der Waals surface area contributed by atoms with Crippen LogP contribution in [0.15, 0.2) is 180 Å². The van der Waals surface area contributed by atoms with Gasteiger partial charge in [0.1, 0.15) is 11.2 Å². The Hall–Kier alpha value is -6.46. The molecule has 54 heavy (non-hydrogen) atoms. The zero-order valence-electron chi connectivity index (χ0n) is 28.9. The molecule has 9 aromatic carbocycles. The van der Waals surface area contributed by atoms with Gasteiger partial charge in [0.05, 0.1) is 5.69 Å². The normalized spacial score (nSPS) is 12.1. The molecule has 4 heteroatoms. The monoisotopic (exact) mass is 723 g/mol. The molecule has 0 unspecified atom stereocenters. The van der Waals surface area contributed by atoms with Crippen LogP contribution in [0.4, 0.5) is 17.1 Å². The van der Waals surface area contributed by atoms with Crippen molar-refractivity contribution in [1.29, 1.82) is 0 Å². The molecular weight excluding hydrogens is 695 g/mol. The fourth-order valence-corrected chi connectivity index (χ4v) is 10.9. The van der Waals surface area contributed by atoms with Gasteiger partial charge in [0.2, 0.25) is 0 Å². The summed E-state index contributed by atoms with van der Waals surface area (Å²) >= 11 is 3.74. The molecule has 0 N–H and O–H groups in total. The van der Waals surface area contributed by atoms with Gasteiger partial charge in [-0.2, -0.15) is 0 Å². The van der Waals surface area contributed by atoms with Crippen LogP contribution < -0.4 is 4.90 Å². The van der Waals surface area contributed by atoms with Gasteiger partial charge < -0.3 is 9.32 Å². The Balaban J connectivity index is 1.13. The molecule has 0 bridgehead atoms. The van der Waals surface area contributed by atoms with Crippen molar-refractivity contribution < 1.29 is 4.42 Å². The first-order valence-corrected chi connectivity index (χ1v) is 19.9. The number of furan rings is 1. The lowest BCUT2D eigenvalue weighted by atomic mass is 10.0. The number of fused-ring (bicyclic) bond motifs is 14. The van der Waals surface area contributed by atoms with Crippen molar-refractivity contribution >= 4 is 124 Å². The van der Waals surface area contributed by atoms with Gasteiger partial charge in [-0.15, -0.1) is 22.7 Å². The minimum Gasteiger partial charge on any atom is -0.455 e. The topological polar surface area (TPSA) is 16.4 Å². The molecule has 0 radical (unpaired) electrons. The van der Waals surface area contributed by atoms with Crippen LogP contribution in [0.1, 0.15) is 0 Å². The highest BCUT2D eigenvalue weighted by molar-refractivity contribution is 7.27. The Bertz CT molecular complexity index is 3460. The first-order valence-electron chi connectivity index (χ1n) is 18.2. The molecule has 0 fully saturated rings. The van der Waals surface area contributed by atoms with E-state index in [4.69, 9.17) is 4.42 Å². The smallest absolute Gasteiger partial charge is 0.143 e. The fraction of sp³-hybridized carbons (Fsp3) is 0. The minimum atomic E-state index is 0.924. The molecule has 0 aliphatic heterocycles. The average Bonchev–Trinajstić information content (AvgIpc) is 3.92. The van der Waals surface area contributed by atoms with Gasteiger partial charge in [-0.05, 0) is 76.3 Å². The predicted octanol–water partition coefficient (Wildman–Crippen LogP) is 15.8.